The minimum Gasteiger partial charge on any atom is -0.373 e. The Balaban J connectivity index is 1.39. The van der Waals surface area contributed by atoms with Crippen molar-refractivity contribution in [2.75, 3.05) is 13.2 Å². The third-order valence-electron chi connectivity index (χ3n) is 2.48. The molecule has 4 atom stereocenters. The molecule has 11 heavy (non-hydrogen) atoms. The maximum Gasteiger partial charge on any atom is 0.0868 e. The highest BCUT2D eigenvalue weighted by Gasteiger charge is 2.45. The van der Waals surface area contributed by atoms with Crippen LogP contribution in [0.5, 0.6) is 0 Å². The van der Waals surface area contributed by atoms with Gasteiger partial charge in [0.1, 0.15) is 0 Å². The zero-order valence-corrected chi connectivity index (χ0v) is 6.36. The van der Waals surface area contributed by atoms with Crippen molar-refractivity contribution in [2.24, 2.45) is 0 Å². The second-order valence-electron chi connectivity index (χ2n) is 3.60. The van der Waals surface area contributed by atoms with Crippen molar-refractivity contribution in [1.82, 2.24) is 0 Å². The smallest absolute Gasteiger partial charge is 0.0868 e. The molecule has 0 aromatic rings. The summed E-state index contributed by atoms with van der Waals surface area (Å²) in [6.45, 7) is 1.90. The molecule has 0 aromatic heterocycles. The Morgan fingerprint density at radius 3 is 1.73 bits per heavy atom. The van der Waals surface area contributed by atoms with Crippen molar-refractivity contribution in [3.05, 3.63) is 0 Å². The van der Waals surface area contributed by atoms with Crippen LogP contribution in [-0.2, 0) is 14.2 Å². The van der Waals surface area contributed by atoms with Gasteiger partial charge in [-0.05, 0) is 0 Å². The van der Waals surface area contributed by atoms with Crippen molar-refractivity contribution >= 4 is 0 Å². The fraction of sp³-hybridized carbons (Fsp3) is 1.00. The second-order valence-corrected chi connectivity index (χ2v) is 3.60. The van der Waals surface area contributed by atoms with Gasteiger partial charge in [-0.1, -0.05) is 0 Å². The summed E-state index contributed by atoms with van der Waals surface area (Å²) in [6.07, 6.45) is 4.24. The lowest BCUT2D eigenvalue weighted by atomic mass is 10.1. The van der Waals surface area contributed by atoms with Crippen LogP contribution in [0.25, 0.3) is 0 Å². The van der Waals surface area contributed by atoms with Crippen LogP contribution < -0.4 is 0 Å². The van der Waals surface area contributed by atoms with Gasteiger partial charge in [0.2, 0.25) is 0 Å². The Morgan fingerprint density at radius 2 is 1.36 bits per heavy atom. The van der Waals surface area contributed by atoms with E-state index in [1.807, 2.05) is 0 Å². The molecule has 0 amide bonds. The maximum absolute atomic E-state index is 5.46. The van der Waals surface area contributed by atoms with Crippen LogP contribution in [0, 0.1) is 0 Å². The van der Waals surface area contributed by atoms with Crippen molar-refractivity contribution in [3.8, 4) is 0 Å². The van der Waals surface area contributed by atoms with Gasteiger partial charge in [0.15, 0.2) is 0 Å². The summed E-state index contributed by atoms with van der Waals surface area (Å²) in [7, 11) is 0. The van der Waals surface area contributed by atoms with Gasteiger partial charge in [-0.15, -0.1) is 0 Å². The van der Waals surface area contributed by atoms with Crippen LogP contribution >= 0.6 is 0 Å². The molecular weight excluding hydrogens is 144 g/mol. The van der Waals surface area contributed by atoms with Gasteiger partial charge < -0.3 is 14.2 Å². The van der Waals surface area contributed by atoms with Crippen LogP contribution in [0.1, 0.15) is 12.8 Å². The fourth-order valence-electron chi connectivity index (χ4n) is 1.52. The minimum atomic E-state index is 0.492. The molecule has 4 unspecified atom stereocenters. The molecule has 0 aromatic carbocycles. The van der Waals surface area contributed by atoms with Crippen LogP contribution in [0.4, 0.5) is 0 Å². The number of epoxide rings is 3. The van der Waals surface area contributed by atoms with Crippen molar-refractivity contribution in [3.63, 3.8) is 0 Å². The van der Waals surface area contributed by atoms with Gasteiger partial charge in [0, 0.05) is 12.8 Å². The molecule has 0 saturated carbocycles. The molecule has 0 spiro atoms. The van der Waals surface area contributed by atoms with E-state index in [9.17, 15) is 0 Å². The predicted octanol–water partition coefficient (Wildman–Crippen LogP) is 0.332. The van der Waals surface area contributed by atoms with Gasteiger partial charge >= 0.3 is 0 Å². The molecule has 3 rings (SSSR count). The SMILES string of the molecule is C1OC1CC1OC1CC1CO1. The van der Waals surface area contributed by atoms with Gasteiger partial charge in [0.05, 0.1) is 37.6 Å². The largest absolute Gasteiger partial charge is 0.373 e. The first-order valence-electron chi connectivity index (χ1n) is 4.30. The van der Waals surface area contributed by atoms with E-state index in [1.54, 1.807) is 0 Å². The first-order chi connectivity index (χ1) is 5.42. The Hall–Kier alpha value is -0.120. The predicted molar refractivity (Wildman–Crippen MR) is 37.4 cm³/mol. The highest BCUT2D eigenvalue weighted by molar-refractivity contribution is 4.92. The molecule has 0 N–H and O–H groups in total. The lowest BCUT2D eigenvalue weighted by molar-refractivity contribution is 0.316. The Labute approximate surface area is 65.6 Å². The molecule has 0 aliphatic carbocycles. The average molecular weight is 156 g/mol. The first-order valence-corrected chi connectivity index (χ1v) is 4.30. The van der Waals surface area contributed by atoms with Crippen molar-refractivity contribution in [1.29, 1.82) is 0 Å². The van der Waals surface area contributed by atoms with E-state index in [0.717, 1.165) is 26.1 Å². The van der Waals surface area contributed by atoms with Gasteiger partial charge in [-0.25, -0.2) is 0 Å². The van der Waals surface area contributed by atoms with E-state index >= 15 is 0 Å². The summed E-state index contributed by atoms with van der Waals surface area (Å²) in [4.78, 5) is 0. The minimum absolute atomic E-state index is 0.492. The summed E-state index contributed by atoms with van der Waals surface area (Å²) < 4.78 is 15.7. The zero-order chi connectivity index (χ0) is 7.26. The van der Waals surface area contributed by atoms with Crippen molar-refractivity contribution < 1.29 is 14.2 Å². The number of hydrogen-bond donors (Lipinski definition) is 0. The van der Waals surface area contributed by atoms with Crippen LogP contribution in [-0.4, -0.2) is 37.6 Å². The first kappa shape index (κ1) is 6.40. The zero-order valence-electron chi connectivity index (χ0n) is 6.36. The fourth-order valence-corrected chi connectivity index (χ4v) is 1.52. The Bertz CT molecular complexity index is 145. The number of hydrogen-bond acceptors (Lipinski definition) is 3. The standard InChI is InChI=1S/C8H12O3/c1(5-3-9-5)7-8(11-7)2-6-4-10-6/h5-8H,1-4H2. The van der Waals surface area contributed by atoms with E-state index in [2.05, 4.69) is 0 Å². The Morgan fingerprint density at radius 1 is 0.909 bits per heavy atom. The summed E-state index contributed by atoms with van der Waals surface area (Å²) in [5.41, 5.74) is 0. The van der Waals surface area contributed by atoms with Crippen LogP contribution in [0.2, 0.25) is 0 Å². The molecule has 3 aliphatic rings. The van der Waals surface area contributed by atoms with Crippen LogP contribution in [0.3, 0.4) is 0 Å². The molecular formula is C8H12O3. The van der Waals surface area contributed by atoms with Gasteiger partial charge in [-0.2, -0.15) is 0 Å². The summed E-state index contributed by atoms with van der Waals surface area (Å²) in [6, 6.07) is 0. The topological polar surface area (TPSA) is 37.6 Å². The molecule has 3 fully saturated rings. The van der Waals surface area contributed by atoms with Gasteiger partial charge in [0.25, 0.3) is 0 Å². The lowest BCUT2D eigenvalue weighted by Gasteiger charge is -1.87. The van der Waals surface area contributed by atoms with E-state index in [4.69, 9.17) is 14.2 Å². The second kappa shape index (κ2) is 2.19. The van der Waals surface area contributed by atoms with Gasteiger partial charge in [-0.3, -0.25) is 0 Å². The molecule has 3 heteroatoms. The van der Waals surface area contributed by atoms with E-state index in [-0.39, 0.29) is 0 Å². The molecule has 62 valence electrons. The molecule has 3 aliphatic heterocycles. The van der Waals surface area contributed by atoms with E-state index < -0.39 is 0 Å². The molecule has 3 saturated heterocycles. The molecule has 0 bridgehead atoms. The van der Waals surface area contributed by atoms with Crippen LogP contribution in [0.15, 0.2) is 0 Å². The quantitative estimate of drug-likeness (QED) is 0.550. The normalized spacial score (nSPS) is 52.4. The van der Waals surface area contributed by atoms with Crippen molar-refractivity contribution in [2.45, 2.75) is 37.3 Å². The highest BCUT2D eigenvalue weighted by Crippen LogP contribution is 2.36. The molecule has 0 radical (unpaired) electrons. The summed E-state index contributed by atoms with van der Waals surface area (Å²) >= 11 is 0. The number of ether oxygens (including phenoxy) is 3. The average Bonchev–Trinajstić information content (AvgIpc) is 2.76. The van der Waals surface area contributed by atoms with E-state index in [1.165, 1.54) is 0 Å². The highest BCUT2D eigenvalue weighted by atomic mass is 16.6. The summed E-state index contributed by atoms with van der Waals surface area (Å²) in [5.74, 6) is 0. The number of rotatable bonds is 4. The third kappa shape index (κ3) is 1.55. The third-order valence-corrected chi connectivity index (χ3v) is 2.48. The monoisotopic (exact) mass is 156 g/mol. The lowest BCUT2D eigenvalue weighted by Crippen LogP contribution is -2.01. The Kier molecular flexibility index (Phi) is 1.27. The molecule has 3 heterocycles. The maximum atomic E-state index is 5.46. The summed E-state index contributed by atoms with van der Waals surface area (Å²) in [5, 5.41) is 0. The van der Waals surface area contributed by atoms with E-state index in [0.29, 0.717) is 24.4 Å². The molecule has 3 nitrogen and oxygen atoms in total.